The number of carbonyl (C=O) groups excluding carboxylic acids is 4. The highest BCUT2D eigenvalue weighted by molar-refractivity contribution is 7.97. The molecule has 4 amide bonds. The fraction of sp³-hybridized carbons (Fsp3) is 0. The molecule has 2 aliphatic heterocycles. The van der Waals surface area contributed by atoms with Gasteiger partial charge in [-0.15, -0.1) is 0 Å². The van der Waals surface area contributed by atoms with Gasteiger partial charge in [0.05, 0.1) is 44.2 Å². The number of nitro benzene ring substituents is 2. The Bertz CT molecular complexity index is 1100. The summed E-state index contributed by atoms with van der Waals surface area (Å²) in [5, 5.41) is 21.8. The van der Waals surface area contributed by atoms with Crippen LogP contribution in [0.2, 0.25) is 0 Å². The standard InChI is InChI=1S/C16H6N4O8S/c21-13-9-3-1-7(19(25)26)5-11(9)15(23)17(13)29-18-14(22)10-4-2-8(20(27)28)6-12(10)16(18)24/h1-6H. The molecule has 0 spiro atoms. The molecule has 0 radical (unpaired) electrons. The summed E-state index contributed by atoms with van der Waals surface area (Å²) >= 11 is 0.218. The van der Waals surface area contributed by atoms with E-state index in [4.69, 9.17) is 0 Å². The summed E-state index contributed by atoms with van der Waals surface area (Å²) in [5.41, 5.74) is -1.48. The van der Waals surface area contributed by atoms with Crippen molar-refractivity contribution in [2.75, 3.05) is 0 Å². The third kappa shape index (κ3) is 2.63. The molecule has 0 fully saturated rings. The van der Waals surface area contributed by atoms with Crippen LogP contribution in [0.15, 0.2) is 36.4 Å². The van der Waals surface area contributed by atoms with Gasteiger partial charge in [-0.1, -0.05) is 0 Å². The lowest BCUT2D eigenvalue weighted by atomic mass is 10.1. The molecule has 2 aromatic carbocycles. The van der Waals surface area contributed by atoms with E-state index in [1.807, 2.05) is 0 Å². The Labute approximate surface area is 164 Å². The van der Waals surface area contributed by atoms with E-state index in [0.29, 0.717) is 8.61 Å². The molecule has 12 nitrogen and oxygen atoms in total. The minimum atomic E-state index is -0.929. The molecule has 0 saturated heterocycles. The number of nitrogens with zero attached hydrogens (tertiary/aromatic N) is 4. The first kappa shape index (κ1) is 18.2. The van der Waals surface area contributed by atoms with Crippen LogP contribution in [-0.4, -0.2) is 42.1 Å². The van der Waals surface area contributed by atoms with Gasteiger partial charge < -0.3 is 0 Å². The van der Waals surface area contributed by atoms with Crippen LogP contribution in [-0.2, 0) is 0 Å². The van der Waals surface area contributed by atoms with E-state index in [1.165, 1.54) is 0 Å². The van der Waals surface area contributed by atoms with Crippen molar-refractivity contribution in [1.82, 2.24) is 8.61 Å². The molecule has 0 saturated carbocycles. The zero-order valence-electron chi connectivity index (χ0n) is 13.9. The molecular weight excluding hydrogens is 408 g/mol. The number of imide groups is 2. The fourth-order valence-electron chi connectivity index (χ4n) is 2.87. The second kappa shape index (κ2) is 6.20. The summed E-state index contributed by atoms with van der Waals surface area (Å²) in [5.74, 6) is -3.57. The van der Waals surface area contributed by atoms with Crippen molar-refractivity contribution in [2.45, 2.75) is 0 Å². The Balaban J connectivity index is 1.64. The van der Waals surface area contributed by atoms with Gasteiger partial charge in [0.2, 0.25) is 0 Å². The number of hydrogen-bond donors (Lipinski definition) is 0. The minimum absolute atomic E-state index is 0.111. The SMILES string of the molecule is O=C1c2ccc([N+](=O)[O-])cc2C(=O)N1SN1C(=O)c2ccc([N+](=O)[O-])cc2C1=O. The molecule has 0 N–H and O–H groups in total. The van der Waals surface area contributed by atoms with Crippen LogP contribution in [0.4, 0.5) is 11.4 Å². The molecule has 0 aliphatic carbocycles. The van der Waals surface area contributed by atoms with Crippen molar-refractivity contribution in [3.05, 3.63) is 78.9 Å². The molecule has 2 aromatic rings. The van der Waals surface area contributed by atoms with E-state index in [2.05, 4.69) is 0 Å². The predicted octanol–water partition coefficient (Wildman–Crippen LogP) is 1.96. The van der Waals surface area contributed by atoms with Crippen molar-refractivity contribution in [2.24, 2.45) is 0 Å². The highest BCUT2D eigenvalue weighted by Crippen LogP contribution is 2.37. The van der Waals surface area contributed by atoms with E-state index < -0.39 is 44.9 Å². The molecule has 13 heteroatoms. The molecule has 4 rings (SSSR count). The number of carbonyl (C=O) groups is 4. The molecule has 2 heterocycles. The number of benzene rings is 2. The van der Waals surface area contributed by atoms with Crippen molar-refractivity contribution < 1.29 is 29.0 Å². The maximum atomic E-state index is 12.5. The highest BCUT2D eigenvalue weighted by atomic mass is 32.2. The van der Waals surface area contributed by atoms with E-state index in [0.717, 1.165) is 36.4 Å². The van der Waals surface area contributed by atoms with E-state index in [9.17, 15) is 39.4 Å². The zero-order chi connectivity index (χ0) is 21.0. The Morgan fingerprint density at radius 3 is 1.31 bits per heavy atom. The van der Waals surface area contributed by atoms with Crippen molar-refractivity contribution in [3.8, 4) is 0 Å². The molecule has 144 valence electrons. The van der Waals surface area contributed by atoms with Crippen LogP contribution < -0.4 is 0 Å². The second-order valence-corrected chi connectivity index (χ2v) is 6.76. The summed E-state index contributed by atoms with van der Waals surface area (Å²) in [6.45, 7) is 0. The van der Waals surface area contributed by atoms with Gasteiger partial charge in [-0.3, -0.25) is 39.4 Å². The predicted molar refractivity (Wildman–Crippen MR) is 94.8 cm³/mol. The Hall–Kier alpha value is -4.13. The fourth-order valence-corrected chi connectivity index (χ4v) is 3.72. The number of fused-ring (bicyclic) bond motifs is 2. The topological polar surface area (TPSA) is 161 Å². The maximum absolute atomic E-state index is 12.5. The van der Waals surface area contributed by atoms with Crippen LogP contribution in [0, 0.1) is 20.2 Å². The number of rotatable bonds is 4. The number of non-ortho nitro benzene ring substituents is 2. The van der Waals surface area contributed by atoms with Crippen molar-refractivity contribution >= 4 is 47.1 Å². The summed E-state index contributed by atoms with van der Waals surface area (Å²) in [6.07, 6.45) is 0. The first-order chi connectivity index (χ1) is 13.7. The Kier molecular flexibility index (Phi) is 3.90. The van der Waals surface area contributed by atoms with Crippen LogP contribution in [0.3, 0.4) is 0 Å². The average Bonchev–Trinajstić information content (AvgIpc) is 3.08. The van der Waals surface area contributed by atoms with Crippen LogP contribution >= 0.6 is 12.1 Å². The van der Waals surface area contributed by atoms with Crippen LogP contribution in [0.25, 0.3) is 0 Å². The lowest BCUT2D eigenvalue weighted by Gasteiger charge is -2.18. The maximum Gasteiger partial charge on any atom is 0.273 e. The average molecular weight is 414 g/mol. The third-order valence-electron chi connectivity index (χ3n) is 4.25. The quantitative estimate of drug-likeness (QED) is 0.315. The van der Waals surface area contributed by atoms with Gasteiger partial charge in [-0.05, 0) is 12.1 Å². The van der Waals surface area contributed by atoms with Crippen LogP contribution in [0.5, 0.6) is 0 Å². The summed E-state index contributed by atoms with van der Waals surface area (Å²) in [4.78, 5) is 70.3. The van der Waals surface area contributed by atoms with Gasteiger partial charge in [0.15, 0.2) is 0 Å². The van der Waals surface area contributed by atoms with E-state index in [1.54, 1.807) is 0 Å². The summed E-state index contributed by atoms with van der Waals surface area (Å²) < 4.78 is 1.06. The van der Waals surface area contributed by atoms with Gasteiger partial charge in [-0.2, -0.15) is 8.61 Å². The van der Waals surface area contributed by atoms with E-state index in [-0.39, 0.29) is 34.4 Å². The molecule has 2 aliphatic rings. The van der Waals surface area contributed by atoms with Gasteiger partial charge in [-0.25, -0.2) is 0 Å². The molecule has 0 atom stereocenters. The molecule has 0 bridgehead atoms. The second-order valence-electron chi connectivity index (χ2n) is 5.87. The van der Waals surface area contributed by atoms with Crippen molar-refractivity contribution in [3.63, 3.8) is 0 Å². The van der Waals surface area contributed by atoms with Crippen LogP contribution in [0.1, 0.15) is 41.4 Å². The lowest BCUT2D eigenvalue weighted by Crippen LogP contribution is -2.32. The lowest BCUT2D eigenvalue weighted by molar-refractivity contribution is -0.385. The number of amides is 4. The molecular formula is C16H6N4O8S. The smallest absolute Gasteiger partial charge is 0.268 e. The third-order valence-corrected chi connectivity index (χ3v) is 5.24. The normalized spacial score (nSPS) is 15.0. The first-order valence-electron chi connectivity index (χ1n) is 7.73. The zero-order valence-corrected chi connectivity index (χ0v) is 14.7. The first-order valence-corrected chi connectivity index (χ1v) is 8.46. The van der Waals surface area contributed by atoms with Gasteiger partial charge in [0.1, 0.15) is 0 Å². The van der Waals surface area contributed by atoms with Gasteiger partial charge in [0, 0.05) is 24.3 Å². The number of nitro groups is 2. The molecule has 0 aromatic heterocycles. The largest absolute Gasteiger partial charge is 0.273 e. The van der Waals surface area contributed by atoms with Crippen molar-refractivity contribution in [1.29, 1.82) is 0 Å². The Morgan fingerprint density at radius 2 is 0.966 bits per heavy atom. The van der Waals surface area contributed by atoms with Gasteiger partial charge >= 0.3 is 0 Å². The monoisotopic (exact) mass is 414 g/mol. The molecule has 29 heavy (non-hydrogen) atoms. The van der Waals surface area contributed by atoms with Gasteiger partial charge in [0.25, 0.3) is 35.0 Å². The van der Waals surface area contributed by atoms with E-state index >= 15 is 0 Å². The summed E-state index contributed by atoms with van der Waals surface area (Å²) in [6, 6.07) is 6.20. The minimum Gasteiger partial charge on any atom is -0.268 e. The highest BCUT2D eigenvalue weighted by Gasteiger charge is 2.44. The Morgan fingerprint density at radius 1 is 0.621 bits per heavy atom. The number of hydrogen-bond acceptors (Lipinski definition) is 9. The molecule has 0 unspecified atom stereocenters. The summed E-state index contributed by atoms with van der Waals surface area (Å²) in [7, 11) is 0.